The van der Waals surface area contributed by atoms with Crippen LogP contribution in [0.15, 0.2) is 36.9 Å². The Bertz CT molecular complexity index is 546. The van der Waals surface area contributed by atoms with Gasteiger partial charge in [-0.15, -0.1) is 0 Å². The number of amides is 1. The third kappa shape index (κ3) is 1.93. The summed E-state index contributed by atoms with van der Waals surface area (Å²) >= 11 is 0. The van der Waals surface area contributed by atoms with E-state index in [1.165, 1.54) is 28.4 Å². The number of anilines is 1. The Morgan fingerprint density at radius 3 is 3.00 bits per heavy atom. The summed E-state index contributed by atoms with van der Waals surface area (Å²) in [7, 11) is 0. The molecule has 3 rings (SSSR count). The number of carbonyl (C=O) groups excluding carboxylic acids is 1. The van der Waals surface area contributed by atoms with Crippen LogP contribution in [0.5, 0.6) is 0 Å². The second-order valence-corrected chi connectivity index (χ2v) is 4.24. The van der Waals surface area contributed by atoms with Crippen LogP contribution in [0.4, 0.5) is 10.5 Å². The van der Waals surface area contributed by atoms with Gasteiger partial charge in [0, 0.05) is 18.1 Å². The molecule has 1 aromatic carbocycles. The molecule has 17 heavy (non-hydrogen) atoms. The highest BCUT2D eigenvalue weighted by Crippen LogP contribution is 2.24. The number of nitrogens with one attached hydrogen (secondary N) is 1. The third-order valence-corrected chi connectivity index (χ3v) is 3.09. The summed E-state index contributed by atoms with van der Waals surface area (Å²) in [5, 5.41) is 2.86. The zero-order valence-electron chi connectivity index (χ0n) is 9.39. The van der Waals surface area contributed by atoms with Gasteiger partial charge in [0.25, 0.3) is 0 Å². The lowest BCUT2D eigenvalue weighted by Gasteiger charge is -2.07. The molecule has 1 aliphatic carbocycles. The minimum absolute atomic E-state index is 0.180. The molecule has 0 spiro atoms. The summed E-state index contributed by atoms with van der Waals surface area (Å²) < 4.78 is 1.42. The molecule has 2 aromatic rings. The minimum Gasteiger partial charge on any atom is -0.307 e. The molecule has 0 bridgehead atoms. The highest BCUT2D eigenvalue weighted by molar-refractivity contribution is 5.91. The first kappa shape index (κ1) is 10.1. The van der Waals surface area contributed by atoms with E-state index in [-0.39, 0.29) is 6.03 Å². The fourth-order valence-corrected chi connectivity index (χ4v) is 2.22. The van der Waals surface area contributed by atoms with Crippen LogP contribution in [0.2, 0.25) is 0 Å². The number of carbonyl (C=O) groups is 1. The first-order valence-electron chi connectivity index (χ1n) is 5.74. The van der Waals surface area contributed by atoms with E-state index in [2.05, 4.69) is 22.4 Å². The van der Waals surface area contributed by atoms with Crippen molar-refractivity contribution in [3.05, 3.63) is 48.0 Å². The number of fused-ring (bicyclic) bond motifs is 1. The molecule has 0 saturated heterocycles. The van der Waals surface area contributed by atoms with Crippen molar-refractivity contribution in [1.29, 1.82) is 0 Å². The van der Waals surface area contributed by atoms with Crippen LogP contribution in [0, 0.1) is 0 Å². The lowest BCUT2D eigenvalue weighted by Crippen LogP contribution is -2.17. The van der Waals surface area contributed by atoms with Crippen molar-refractivity contribution in [3.63, 3.8) is 0 Å². The number of hydrogen-bond donors (Lipinski definition) is 1. The van der Waals surface area contributed by atoms with E-state index in [4.69, 9.17) is 0 Å². The Morgan fingerprint density at radius 2 is 2.18 bits per heavy atom. The number of aromatic nitrogens is 2. The second-order valence-electron chi connectivity index (χ2n) is 4.24. The Morgan fingerprint density at radius 1 is 1.29 bits per heavy atom. The van der Waals surface area contributed by atoms with Crippen molar-refractivity contribution in [2.75, 3.05) is 5.32 Å². The molecular weight excluding hydrogens is 214 g/mol. The third-order valence-electron chi connectivity index (χ3n) is 3.09. The molecule has 86 valence electrons. The van der Waals surface area contributed by atoms with E-state index < -0.39 is 0 Å². The van der Waals surface area contributed by atoms with Gasteiger partial charge in [-0.25, -0.2) is 9.78 Å². The van der Waals surface area contributed by atoms with Crippen LogP contribution < -0.4 is 5.32 Å². The highest BCUT2D eigenvalue weighted by atomic mass is 16.2. The first-order chi connectivity index (χ1) is 8.33. The fourth-order valence-electron chi connectivity index (χ4n) is 2.22. The van der Waals surface area contributed by atoms with Crippen LogP contribution >= 0.6 is 0 Å². The molecule has 1 amide bonds. The molecule has 0 fully saturated rings. The van der Waals surface area contributed by atoms with Crippen LogP contribution in [0.3, 0.4) is 0 Å². The predicted molar refractivity (Wildman–Crippen MR) is 65.1 cm³/mol. The molecule has 0 atom stereocenters. The summed E-state index contributed by atoms with van der Waals surface area (Å²) in [5.41, 5.74) is 3.61. The largest absolute Gasteiger partial charge is 0.331 e. The normalized spacial score (nSPS) is 13.4. The van der Waals surface area contributed by atoms with Gasteiger partial charge in [0.2, 0.25) is 0 Å². The zero-order valence-corrected chi connectivity index (χ0v) is 9.39. The fraction of sp³-hybridized carbons (Fsp3) is 0.231. The summed E-state index contributed by atoms with van der Waals surface area (Å²) in [6, 6.07) is 5.95. The first-order valence-corrected chi connectivity index (χ1v) is 5.74. The number of imidazole rings is 1. The lowest BCUT2D eigenvalue weighted by atomic mass is 10.1. The average Bonchev–Trinajstić information content (AvgIpc) is 2.99. The zero-order chi connectivity index (χ0) is 11.7. The second kappa shape index (κ2) is 4.05. The predicted octanol–water partition coefficient (Wildman–Crippen LogP) is 2.45. The van der Waals surface area contributed by atoms with Gasteiger partial charge in [0.1, 0.15) is 6.33 Å². The molecule has 0 radical (unpaired) electrons. The molecule has 1 N–H and O–H groups in total. The summed E-state index contributed by atoms with van der Waals surface area (Å²) in [6.45, 7) is 0. The number of aryl methyl sites for hydroxylation is 2. The number of benzene rings is 1. The van der Waals surface area contributed by atoms with Gasteiger partial charge in [-0.1, -0.05) is 6.07 Å². The number of hydrogen-bond acceptors (Lipinski definition) is 2. The summed E-state index contributed by atoms with van der Waals surface area (Å²) in [5.74, 6) is 0. The maximum absolute atomic E-state index is 11.8. The van der Waals surface area contributed by atoms with E-state index in [9.17, 15) is 4.79 Å². The van der Waals surface area contributed by atoms with Gasteiger partial charge in [0.05, 0.1) is 0 Å². The van der Waals surface area contributed by atoms with E-state index in [1.54, 1.807) is 12.4 Å². The standard InChI is InChI=1S/C13H13N3O/c17-13(16-7-6-14-9-16)15-12-5-4-10-2-1-3-11(10)8-12/h4-9H,1-3H2,(H,15,17). The average molecular weight is 227 g/mol. The van der Waals surface area contributed by atoms with E-state index >= 15 is 0 Å². The van der Waals surface area contributed by atoms with Gasteiger partial charge in [-0.3, -0.25) is 4.57 Å². The molecule has 1 aromatic heterocycles. The van der Waals surface area contributed by atoms with Gasteiger partial charge in [-0.2, -0.15) is 0 Å². The van der Waals surface area contributed by atoms with Gasteiger partial charge < -0.3 is 5.32 Å². The lowest BCUT2D eigenvalue weighted by molar-refractivity contribution is 0.253. The SMILES string of the molecule is O=C(Nc1ccc2c(c1)CCC2)n1ccnc1. The molecule has 1 aliphatic rings. The maximum atomic E-state index is 11.8. The van der Waals surface area contributed by atoms with Crippen molar-refractivity contribution < 1.29 is 4.79 Å². The quantitative estimate of drug-likeness (QED) is 0.813. The Balaban J connectivity index is 1.80. The molecule has 0 saturated carbocycles. The Hall–Kier alpha value is -2.10. The highest BCUT2D eigenvalue weighted by Gasteiger charge is 2.12. The van der Waals surface area contributed by atoms with Crippen molar-refractivity contribution in [3.8, 4) is 0 Å². The number of nitrogens with zero attached hydrogens (tertiary/aromatic N) is 2. The van der Waals surface area contributed by atoms with Gasteiger partial charge >= 0.3 is 6.03 Å². The van der Waals surface area contributed by atoms with Crippen molar-refractivity contribution >= 4 is 11.7 Å². The van der Waals surface area contributed by atoms with Crippen molar-refractivity contribution in [1.82, 2.24) is 9.55 Å². The Kier molecular flexibility index (Phi) is 2.40. The monoisotopic (exact) mass is 227 g/mol. The topological polar surface area (TPSA) is 46.9 Å². The van der Waals surface area contributed by atoms with Crippen molar-refractivity contribution in [2.45, 2.75) is 19.3 Å². The van der Waals surface area contributed by atoms with Crippen molar-refractivity contribution in [2.24, 2.45) is 0 Å². The van der Waals surface area contributed by atoms with E-state index in [0.29, 0.717) is 0 Å². The molecule has 0 aliphatic heterocycles. The smallest absolute Gasteiger partial charge is 0.307 e. The maximum Gasteiger partial charge on any atom is 0.331 e. The molecule has 1 heterocycles. The Labute approximate surface area is 99.3 Å². The number of rotatable bonds is 1. The van der Waals surface area contributed by atoms with Crippen LogP contribution in [-0.4, -0.2) is 15.6 Å². The molecule has 4 nitrogen and oxygen atoms in total. The van der Waals surface area contributed by atoms with E-state index in [0.717, 1.165) is 18.5 Å². The van der Waals surface area contributed by atoms with Gasteiger partial charge in [0.15, 0.2) is 0 Å². The molecule has 0 unspecified atom stereocenters. The molecule has 4 heteroatoms. The minimum atomic E-state index is -0.180. The summed E-state index contributed by atoms with van der Waals surface area (Å²) in [4.78, 5) is 15.6. The molecular formula is C13H13N3O. The van der Waals surface area contributed by atoms with Crippen LogP contribution in [0.25, 0.3) is 0 Å². The summed E-state index contributed by atoms with van der Waals surface area (Å²) in [6.07, 6.45) is 8.19. The van der Waals surface area contributed by atoms with Gasteiger partial charge in [-0.05, 0) is 42.5 Å². The van der Waals surface area contributed by atoms with E-state index in [1.807, 2.05) is 6.07 Å². The van der Waals surface area contributed by atoms with Crippen LogP contribution in [0.1, 0.15) is 17.5 Å². The van der Waals surface area contributed by atoms with Crippen LogP contribution in [-0.2, 0) is 12.8 Å².